The highest BCUT2D eigenvalue weighted by atomic mass is 16.7. The zero-order valence-corrected chi connectivity index (χ0v) is 19.0. The molecule has 2 aromatic carbocycles. The highest BCUT2D eigenvalue weighted by molar-refractivity contribution is 5.94. The van der Waals surface area contributed by atoms with Gasteiger partial charge in [-0.2, -0.15) is 0 Å². The summed E-state index contributed by atoms with van der Waals surface area (Å²) in [5.74, 6) is -1.53. The van der Waals surface area contributed by atoms with Crippen LogP contribution in [-0.4, -0.2) is 42.9 Å². The second-order valence-corrected chi connectivity index (χ2v) is 7.58. The highest BCUT2D eigenvalue weighted by Gasteiger charge is 2.29. The molecule has 0 aromatic heterocycles. The van der Waals surface area contributed by atoms with Gasteiger partial charge in [-0.3, -0.25) is 4.79 Å². The van der Waals surface area contributed by atoms with Crippen molar-refractivity contribution in [2.45, 2.75) is 51.7 Å². The average molecular weight is 470 g/mol. The van der Waals surface area contributed by atoms with E-state index in [1.807, 2.05) is 0 Å². The molecular formula is C25H26O9. The fourth-order valence-corrected chi connectivity index (χ4v) is 3.54. The van der Waals surface area contributed by atoms with E-state index in [1.54, 1.807) is 31.2 Å². The largest absolute Gasteiger partial charge is 0.513 e. The molecule has 9 heteroatoms. The number of carbonyl (C=O) groups is 4. The molecule has 0 heterocycles. The molecule has 9 nitrogen and oxygen atoms in total. The molecule has 1 fully saturated rings. The summed E-state index contributed by atoms with van der Waals surface area (Å²) in [5.41, 5.74) is 0.288. The van der Waals surface area contributed by atoms with Crippen molar-refractivity contribution in [2.75, 3.05) is 6.61 Å². The summed E-state index contributed by atoms with van der Waals surface area (Å²) in [6.45, 7) is 3.05. The predicted molar refractivity (Wildman–Crippen MR) is 119 cm³/mol. The molecule has 0 radical (unpaired) electrons. The molecule has 3 rings (SSSR count). The van der Waals surface area contributed by atoms with Crippen LogP contribution in [0.4, 0.5) is 4.79 Å². The Balaban J connectivity index is 1.53. The van der Waals surface area contributed by atoms with E-state index in [0.717, 1.165) is 0 Å². The van der Waals surface area contributed by atoms with Crippen LogP contribution in [0.5, 0.6) is 11.5 Å². The van der Waals surface area contributed by atoms with E-state index in [2.05, 4.69) is 0 Å². The number of rotatable bonds is 7. The highest BCUT2D eigenvalue weighted by Crippen LogP contribution is 2.28. The van der Waals surface area contributed by atoms with Crippen molar-refractivity contribution in [3.05, 3.63) is 59.7 Å². The lowest BCUT2D eigenvalue weighted by atomic mass is 9.94. The summed E-state index contributed by atoms with van der Waals surface area (Å²) in [6.07, 6.45) is 0.367. The molecule has 1 aliphatic carbocycles. The first-order valence-electron chi connectivity index (χ1n) is 11.0. The lowest BCUT2D eigenvalue weighted by Crippen LogP contribution is -2.30. The van der Waals surface area contributed by atoms with E-state index in [4.69, 9.17) is 23.7 Å². The molecule has 0 aliphatic heterocycles. The minimum Gasteiger partial charge on any atom is -0.459 e. The second-order valence-electron chi connectivity index (χ2n) is 7.58. The van der Waals surface area contributed by atoms with Gasteiger partial charge in [0.25, 0.3) is 0 Å². The minimum absolute atomic E-state index is 0.0556. The topological polar surface area (TPSA) is 114 Å². The molecule has 1 saturated carbocycles. The van der Waals surface area contributed by atoms with Crippen LogP contribution in [-0.2, 0) is 19.0 Å². The van der Waals surface area contributed by atoms with Crippen molar-refractivity contribution < 1.29 is 42.9 Å². The number of benzene rings is 2. The summed E-state index contributed by atoms with van der Waals surface area (Å²) in [7, 11) is 0. The summed E-state index contributed by atoms with van der Waals surface area (Å²) in [5, 5.41) is 0. The Morgan fingerprint density at radius 3 is 1.62 bits per heavy atom. The van der Waals surface area contributed by atoms with Crippen molar-refractivity contribution in [2.24, 2.45) is 0 Å². The fourth-order valence-electron chi connectivity index (χ4n) is 3.54. The van der Waals surface area contributed by atoms with Gasteiger partial charge in [0, 0.05) is 6.92 Å². The zero-order valence-electron chi connectivity index (χ0n) is 19.0. The fraction of sp³-hybridized carbons (Fsp3) is 0.360. The lowest BCUT2D eigenvalue weighted by Gasteiger charge is -2.28. The van der Waals surface area contributed by atoms with Crippen LogP contribution in [0.3, 0.4) is 0 Å². The molecule has 0 atom stereocenters. The molecule has 0 N–H and O–H groups in total. The molecule has 0 bridgehead atoms. The minimum atomic E-state index is -0.902. The molecule has 0 spiro atoms. The van der Waals surface area contributed by atoms with Crippen LogP contribution in [0.15, 0.2) is 48.5 Å². The zero-order chi connectivity index (χ0) is 24.5. The Hall–Kier alpha value is -3.88. The number of hydrogen-bond donors (Lipinski definition) is 0. The smallest absolute Gasteiger partial charge is 0.459 e. The van der Waals surface area contributed by atoms with E-state index in [1.165, 1.54) is 31.2 Å². The maximum atomic E-state index is 12.7. The number of esters is 3. The average Bonchev–Trinajstić information content (AvgIpc) is 2.80. The lowest BCUT2D eigenvalue weighted by molar-refractivity contribution is -0.131. The van der Waals surface area contributed by atoms with Crippen LogP contribution in [0.2, 0.25) is 0 Å². The summed E-state index contributed by atoms with van der Waals surface area (Å²) in [4.78, 5) is 48.1. The number of hydrogen-bond acceptors (Lipinski definition) is 9. The van der Waals surface area contributed by atoms with Crippen LogP contribution < -0.4 is 9.47 Å². The van der Waals surface area contributed by atoms with Crippen molar-refractivity contribution in [1.29, 1.82) is 0 Å². The SMILES string of the molecule is CCOC(=O)Oc1ccccc1C(=O)OC1CCC(OC(=O)c2ccccc2OC(C)=O)CC1. The third-order valence-corrected chi connectivity index (χ3v) is 5.09. The van der Waals surface area contributed by atoms with Crippen LogP contribution in [0.1, 0.15) is 60.2 Å². The predicted octanol–water partition coefficient (Wildman–Crippen LogP) is 4.47. The molecule has 0 saturated heterocycles. The quantitative estimate of drug-likeness (QED) is 0.250. The summed E-state index contributed by atoms with van der Waals surface area (Å²) in [6, 6.07) is 12.6. The van der Waals surface area contributed by atoms with Crippen LogP contribution in [0.25, 0.3) is 0 Å². The molecule has 34 heavy (non-hydrogen) atoms. The number of ether oxygens (including phenoxy) is 5. The third-order valence-electron chi connectivity index (χ3n) is 5.09. The Morgan fingerprint density at radius 1 is 0.735 bits per heavy atom. The Bertz CT molecular complexity index is 1040. The normalized spacial score (nSPS) is 17.2. The molecule has 1 aliphatic rings. The van der Waals surface area contributed by atoms with Gasteiger partial charge in [-0.05, 0) is 56.9 Å². The summed E-state index contributed by atoms with van der Waals surface area (Å²) < 4.78 is 26.1. The number of carbonyl (C=O) groups excluding carboxylic acids is 4. The van der Waals surface area contributed by atoms with E-state index in [-0.39, 0.29) is 41.4 Å². The molecular weight excluding hydrogens is 444 g/mol. The first-order valence-corrected chi connectivity index (χ1v) is 11.0. The molecule has 0 amide bonds. The maximum Gasteiger partial charge on any atom is 0.513 e. The maximum absolute atomic E-state index is 12.7. The Morgan fingerprint density at radius 2 is 1.18 bits per heavy atom. The Labute approximate surface area is 196 Å². The van der Waals surface area contributed by atoms with E-state index < -0.39 is 24.1 Å². The first kappa shape index (κ1) is 24.8. The van der Waals surface area contributed by atoms with Gasteiger partial charge in [0.05, 0.1) is 6.61 Å². The van der Waals surface area contributed by atoms with Crippen molar-refractivity contribution in [3.8, 4) is 11.5 Å². The molecule has 2 aromatic rings. The van der Waals surface area contributed by atoms with Crippen LogP contribution in [0, 0.1) is 0 Å². The van der Waals surface area contributed by atoms with Gasteiger partial charge in [-0.15, -0.1) is 0 Å². The second kappa shape index (κ2) is 11.8. The van der Waals surface area contributed by atoms with Gasteiger partial charge >= 0.3 is 24.1 Å². The van der Waals surface area contributed by atoms with Gasteiger partial charge in [0.1, 0.15) is 34.8 Å². The van der Waals surface area contributed by atoms with Gasteiger partial charge in [-0.1, -0.05) is 24.3 Å². The van der Waals surface area contributed by atoms with Crippen molar-refractivity contribution in [3.63, 3.8) is 0 Å². The van der Waals surface area contributed by atoms with E-state index in [9.17, 15) is 19.2 Å². The van der Waals surface area contributed by atoms with Crippen molar-refractivity contribution >= 4 is 24.1 Å². The van der Waals surface area contributed by atoms with Gasteiger partial charge in [0.2, 0.25) is 0 Å². The first-order chi connectivity index (χ1) is 16.4. The monoisotopic (exact) mass is 470 g/mol. The molecule has 180 valence electrons. The standard InChI is InChI=1S/C25H26O9/c1-3-30-25(29)34-22-11-7-5-9-20(22)24(28)33-18-14-12-17(13-15-18)32-23(27)19-8-4-6-10-21(19)31-16(2)26/h4-11,17-18H,3,12-15H2,1-2H3. The van der Waals surface area contributed by atoms with E-state index in [0.29, 0.717) is 25.7 Å². The van der Waals surface area contributed by atoms with E-state index >= 15 is 0 Å². The Kier molecular flexibility index (Phi) is 8.61. The van der Waals surface area contributed by atoms with Gasteiger partial charge in [0.15, 0.2) is 0 Å². The third kappa shape index (κ3) is 6.81. The van der Waals surface area contributed by atoms with Gasteiger partial charge in [-0.25, -0.2) is 14.4 Å². The van der Waals surface area contributed by atoms with Crippen LogP contribution >= 0.6 is 0 Å². The van der Waals surface area contributed by atoms with Crippen molar-refractivity contribution in [1.82, 2.24) is 0 Å². The number of para-hydroxylation sites is 2. The van der Waals surface area contributed by atoms with Gasteiger partial charge < -0.3 is 23.7 Å². The summed E-state index contributed by atoms with van der Waals surface area (Å²) >= 11 is 0. The molecule has 0 unspecified atom stereocenters.